The summed E-state index contributed by atoms with van der Waals surface area (Å²) in [5.41, 5.74) is 3.95. The van der Waals surface area contributed by atoms with Crippen molar-refractivity contribution in [2.24, 2.45) is 0 Å². The number of hydrogen-bond donors (Lipinski definition) is 2. The number of anilines is 1. The van der Waals surface area contributed by atoms with Crippen LogP contribution in [0.5, 0.6) is 5.75 Å². The Kier molecular flexibility index (Phi) is 7.60. The van der Waals surface area contributed by atoms with E-state index < -0.39 is 0 Å². The Morgan fingerprint density at radius 1 is 1.00 bits per heavy atom. The Balaban J connectivity index is 1.47. The van der Waals surface area contributed by atoms with Crippen LogP contribution in [0.15, 0.2) is 80.6 Å². The van der Waals surface area contributed by atoms with Crippen molar-refractivity contribution in [2.75, 3.05) is 5.32 Å². The summed E-state index contributed by atoms with van der Waals surface area (Å²) < 4.78 is 8.03. The van der Waals surface area contributed by atoms with Gasteiger partial charge in [-0.25, -0.2) is 0 Å². The van der Waals surface area contributed by atoms with Gasteiger partial charge in [-0.3, -0.25) is 4.79 Å². The molecule has 4 rings (SSSR count). The monoisotopic (exact) mass is 572 g/mol. The molecule has 164 valence electrons. The van der Waals surface area contributed by atoms with Gasteiger partial charge in [0.05, 0.1) is 4.91 Å². The molecule has 1 fully saturated rings. The molecule has 1 saturated heterocycles. The summed E-state index contributed by atoms with van der Waals surface area (Å²) >= 11 is 8.43. The average Bonchev–Trinajstić information content (AvgIpc) is 3.13. The van der Waals surface area contributed by atoms with Crippen LogP contribution in [0.25, 0.3) is 6.08 Å². The summed E-state index contributed by atoms with van der Waals surface area (Å²) in [6, 6.07) is 22.1. The fourth-order valence-corrected chi connectivity index (χ4v) is 4.82. The van der Waals surface area contributed by atoms with E-state index in [1.165, 1.54) is 17.3 Å². The molecule has 3 aromatic rings. The number of aryl methyl sites for hydroxylation is 1. The Morgan fingerprint density at radius 2 is 1.69 bits per heavy atom. The Morgan fingerprint density at radius 3 is 2.41 bits per heavy atom. The van der Waals surface area contributed by atoms with E-state index in [1.54, 1.807) is 0 Å². The lowest BCUT2D eigenvalue weighted by Gasteiger charge is -2.13. The molecule has 0 saturated carbocycles. The molecule has 0 unspecified atom stereocenters. The number of hydrogen-bond acceptors (Lipinski definition) is 4. The highest BCUT2D eigenvalue weighted by Crippen LogP contribution is 2.33. The third-order valence-electron chi connectivity index (χ3n) is 4.96. The first-order chi connectivity index (χ1) is 15.5. The summed E-state index contributed by atoms with van der Waals surface area (Å²) in [7, 11) is 0. The molecule has 2 N–H and O–H groups in total. The molecule has 1 amide bonds. The zero-order chi connectivity index (χ0) is 22.5. The van der Waals surface area contributed by atoms with Crippen LogP contribution < -0.4 is 15.4 Å². The number of nitrogens with one attached hydrogen (secondary N) is 2. The molecule has 0 spiro atoms. The highest BCUT2D eigenvalue weighted by Gasteiger charge is 2.27. The van der Waals surface area contributed by atoms with E-state index in [1.807, 2.05) is 60.7 Å². The maximum absolute atomic E-state index is 12.6. The first-order valence-electron chi connectivity index (χ1n) is 10.2. The van der Waals surface area contributed by atoms with Gasteiger partial charge >= 0.3 is 0 Å². The molecule has 0 aliphatic carbocycles. The van der Waals surface area contributed by atoms with E-state index in [0.29, 0.717) is 11.5 Å². The summed E-state index contributed by atoms with van der Waals surface area (Å²) in [5.74, 6) is 0.625. The molecule has 4 nitrogen and oxygen atoms in total. The van der Waals surface area contributed by atoms with Gasteiger partial charge in [0.2, 0.25) is 0 Å². The second-order valence-corrected chi connectivity index (χ2v) is 10.3. The van der Waals surface area contributed by atoms with Crippen LogP contribution in [0.3, 0.4) is 0 Å². The minimum absolute atomic E-state index is 0.100. The molecule has 0 bridgehead atoms. The summed E-state index contributed by atoms with van der Waals surface area (Å²) in [4.78, 5) is 13.2. The Labute approximate surface area is 209 Å². The van der Waals surface area contributed by atoms with Gasteiger partial charge in [-0.05, 0) is 66.1 Å². The molecule has 1 aliphatic heterocycles. The first kappa shape index (κ1) is 23.0. The summed E-state index contributed by atoms with van der Waals surface area (Å²) in [5, 5.41) is 6.35. The third kappa shape index (κ3) is 5.97. The Hall–Kier alpha value is -2.22. The quantitative estimate of drug-likeness (QED) is 0.300. The van der Waals surface area contributed by atoms with Crippen molar-refractivity contribution in [3.63, 3.8) is 0 Å². The third-order valence-corrected chi connectivity index (χ3v) is 7.01. The van der Waals surface area contributed by atoms with Crippen LogP contribution in [-0.4, -0.2) is 11.4 Å². The number of carbonyl (C=O) groups is 1. The van der Waals surface area contributed by atoms with Crippen molar-refractivity contribution < 1.29 is 9.53 Å². The lowest BCUT2D eigenvalue weighted by molar-refractivity contribution is -0.116. The highest BCUT2D eigenvalue weighted by molar-refractivity contribution is 9.10. The summed E-state index contributed by atoms with van der Waals surface area (Å²) in [6.07, 6.45) is 2.88. The van der Waals surface area contributed by atoms with Gasteiger partial charge in [-0.2, -0.15) is 0 Å². The number of thioether (sulfide) groups is 1. The van der Waals surface area contributed by atoms with Crippen molar-refractivity contribution in [1.82, 2.24) is 5.32 Å². The number of ether oxygens (including phenoxy) is 1. The zero-order valence-corrected chi connectivity index (χ0v) is 21.4. The standard InChI is InChI=1S/C25H22Br2N2O2S/c1-2-16-5-10-21(11-6-16)28-25-29-24(30)23(32-25)14-18-13-20(27)9-12-22(18)31-15-17-3-7-19(26)8-4-17/h3-14,25,28H,2,15H2,1H3,(H,29,30)/b23-14-/t25-/m0/s1. The number of amides is 1. The van der Waals surface area contributed by atoms with Gasteiger partial charge in [0, 0.05) is 20.2 Å². The largest absolute Gasteiger partial charge is 0.488 e. The van der Waals surface area contributed by atoms with Crippen molar-refractivity contribution >= 4 is 61.3 Å². The first-order valence-corrected chi connectivity index (χ1v) is 12.7. The van der Waals surface area contributed by atoms with Gasteiger partial charge in [-0.15, -0.1) is 0 Å². The highest BCUT2D eigenvalue weighted by atomic mass is 79.9. The molecule has 1 aliphatic rings. The summed E-state index contributed by atoms with van der Waals surface area (Å²) in [6.45, 7) is 2.58. The fourth-order valence-electron chi connectivity index (χ4n) is 3.20. The molecule has 0 aromatic heterocycles. The van der Waals surface area contributed by atoms with Gasteiger partial charge in [0.25, 0.3) is 5.91 Å². The van der Waals surface area contributed by atoms with Crippen LogP contribution in [0.4, 0.5) is 5.69 Å². The van der Waals surface area contributed by atoms with Gasteiger partial charge in [-0.1, -0.05) is 74.8 Å². The molecule has 1 atom stereocenters. The molecule has 32 heavy (non-hydrogen) atoms. The molecule has 0 radical (unpaired) electrons. The van der Waals surface area contributed by atoms with Gasteiger partial charge in [0.15, 0.2) is 5.50 Å². The van der Waals surface area contributed by atoms with Crippen molar-refractivity contribution in [1.29, 1.82) is 0 Å². The normalized spacial score (nSPS) is 16.8. The molecular formula is C25H22Br2N2O2S. The molecular weight excluding hydrogens is 552 g/mol. The van der Waals surface area contributed by atoms with Crippen LogP contribution in [0.2, 0.25) is 0 Å². The van der Waals surface area contributed by atoms with Crippen LogP contribution in [-0.2, 0) is 17.8 Å². The van der Waals surface area contributed by atoms with E-state index in [-0.39, 0.29) is 11.4 Å². The fraction of sp³-hybridized carbons (Fsp3) is 0.160. The number of carbonyl (C=O) groups excluding carboxylic acids is 1. The number of halogens is 2. The van der Waals surface area contributed by atoms with Gasteiger partial charge < -0.3 is 15.4 Å². The SMILES string of the molecule is CCc1ccc(N[C@H]2NC(=O)/C(=C/c3cc(Br)ccc3OCc3ccc(Br)cc3)S2)cc1. The topological polar surface area (TPSA) is 50.4 Å². The lowest BCUT2D eigenvalue weighted by Crippen LogP contribution is -2.30. The lowest BCUT2D eigenvalue weighted by atomic mass is 10.1. The predicted molar refractivity (Wildman–Crippen MR) is 140 cm³/mol. The van der Waals surface area contributed by atoms with E-state index in [9.17, 15) is 4.79 Å². The van der Waals surface area contributed by atoms with Crippen LogP contribution in [0, 0.1) is 0 Å². The van der Waals surface area contributed by atoms with E-state index >= 15 is 0 Å². The zero-order valence-electron chi connectivity index (χ0n) is 17.4. The van der Waals surface area contributed by atoms with Crippen molar-refractivity contribution in [2.45, 2.75) is 25.4 Å². The molecule has 3 aromatic carbocycles. The van der Waals surface area contributed by atoms with Gasteiger partial charge in [0.1, 0.15) is 12.4 Å². The van der Waals surface area contributed by atoms with Crippen LogP contribution >= 0.6 is 43.6 Å². The number of benzene rings is 3. The number of rotatable bonds is 7. The second kappa shape index (κ2) is 10.6. The maximum atomic E-state index is 12.6. The van der Waals surface area contributed by atoms with Crippen molar-refractivity contribution in [3.05, 3.63) is 97.3 Å². The van der Waals surface area contributed by atoms with E-state index in [4.69, 9.17) is 4.74 Å². The average molecular weight is 574 g/mol. The van der Waals surface area contributed by atoms with Crippen molar-refractivity contribution in [3.8, 4) is 5.75 Å². The molecule has 1 heterocycles. The maximum Gasteiger partial charge on any atom is 0.260 e. The van der Waals surface area contributed by atoms with Crippen LogP contribution in [0.1, 0.15) is 23.6 Å². The minimum Gasteiger partial charge on any atom is -0.488 e. The smallest absolute Gasteiger partial charge is 0.260 e. The molecule has 7 heteroatoms. The Bertz CT molecular complexity index is 1130. The van der Waals surface area contributed by atoms with E-state index in [0.717, 1.165) is 37.9 Å². The second-order valence-electron chi connectivity index (χ2n) is 7.27. The predicted octanol–water partition coefficient (Wildman–Crippen LogP) is 6.95. The van der Waals surface area contributed by atoms with E-state index in [2.05, 4.69) is 61.5 Å². The minimum atomic E-state index is -0.222.